The number of methoxy groups -OCH3 is 2. The largest absolute Gasteiger partial charge is 0.496 e. The number of nitrogens with one attached hydrogen (secondary N) is 4. The molecule has 3 aromatic heterocycles. The number of alkyl halides is 1. The molecule has 17 nitrogen and oxygen atoms in total. The van der Waals surface area contributed by atoms with Crippen molar-refractivity contribution in [1.82, 2.24) is 25.6 Å². The summed E-state index contributed by atoms with van der Waals surface area (Å²) in [5.41, 5.74) is 2.55. The van der Waals surface area contributed by atoms with E-state index in [0.29, 0.717) is 55.0 Å². The molecule has 0 spiro atoms. The van der Waals surface area contributed by atoms with Gasteiger partial charge in [0.15, 0.2) is 29.7 Å². The van der Waals surface area contributed by atoms with Crippen molar-refractivity contribution in [1.29, 1.82) is 0 Å². The normalized spacial score (nSPS) is 17.1. The van der Waals surface area contributed by atoms with E-state index in [1.165, 1.54) is 24.5 Å². The van der Waals surface area contributed by atoms with Crippen LogP contribution < -0.4 is 20.1 Å². The molecule has 4 N–H and O–H groups in total. The highest BCUT2D eigenvalue weighted by Gasteiger charge is 2.35. The molecule has 3 heterocycles. The second-order valence-corrected chi connectivity index (χ2v) is 21.7. The van der Waals surface area contributed by atoms with Gasteiger partial charge >= 0.3 is 5.97 Å². The van der Waals surface area contributed by atoms with Crippen LogP contribution in [0, 0.1) is 35.5 Å². The van der Waals surface area contributed by atoms with E-state index in [0.717, 1.165) is 53.9 Å². The first-order chi connectivity index (χ1) is 37.4. The fourth-order valence-electron chi connectivity index (χ4n) is 10.5. The van der Waals surface area contributed by atoms with Crippen molar-refractivity contribution in [3.8, 4) is 11.5 Å². The number of amides is 2. The van der Waals surface area contributed by atoms with Gasteiger partial charge in [0.25, 0.3) is 0 Å². The van der Waals surface area contributed by atoms with Crippen molar-refractivity contribution in [2.75, 3.05) is 26.7 Å². The van der Waals surface area contributed by atoms with Crippen molar-refractivity contribution in [2.45, 2.75) is 130 Å². The third-order valence-corrected chi connectivity index (χ3v) is 14.9. The molecule has 0 unspecified atom stereocenters. The zero-order valence-electron chi connectivity index (χ0n) is 45.6. The van der Waals surface area contributed by atoms with E-state index in [2.05, 4.69) is 25.6 Å². The lowest BCUT2D eigenvalue weighted by atomic mass is 9.82. The Morgan fingerprint density at radius 1 is 0.641 bits per heavy atom. The molecule has 418 valence electrons. The molecule has 0 aliphatic heterocycles. The molecule has 2 aromatic carbocycles. The summed E-state index contributed by atoms with van der Waals surface area (Å²) in [4.78, 5) is 127. The zero-order valence-corrected chi connectivity index (χ0v) is 46.3. The van der Waals surface area contributed by atoms with E-state index in [1.807, 2.05) is 64.1 Å². The third kappa shape index (κ3) is 16.7. The van der Waals surface area contributed by atoms with Crippen LogP contribution in [0.1, 0.15) is 149 Å². The van der Waals surface area contributed by atoms with Gasteiger partial charge < -0.3 is 34.8 Å². The van der Waals surface area contributed by atoms with Gasteiger partial charge in [0.1, 0.15) is 23.1 Å². The number of aromatic nitrogens is 3. The van der Waals surface area contributed by atoms with Crippen LogP contribution in [0.3, 0.4) is 0 Å². The minimum absolute atomic E-state index is 0.00327. The number of halogens is 1. The predicted molar refractivity (Wildman–Crippen MR) is 296 cm³/mol. The summed E-state index contributed by atoms with van der Waals surface area (Å²) in [5.74, 6) is -3.14. The summed E-state index contributed by atoms with van der Waals surface area (Å²) >= 11 is 5.82. The molecule has 18 heteroatoms. The predicted octanol–water partition coefficient (Wildman–Crippen LogP) is 9.72. The van der Waals surface area contributed by atoms with Crippen LogP contribution in [0.25, 0.3) is 21.8 Å². The number of benzene rings is 2. The van der Waals surface area contributed by atoms with Crippen LogP contribution in [0.2, 0.25) is 0 Å². The van der Waals surface area contributed by atoms with E-state index in [-0.39, 0.29) is 95.6 Å². The first kappa shape index (κ1) is 60.2. The van der Waals surface area contributed by atoms with Crippen LogP contribution in [0.15, 0.2) is 73.1 Å². The molecule has 0 saturated heterocycles. The van der Waals surface area contributed by atoms with Crippen molar-refractivity contribution in [3.05, 3.63) is 90.0 Å². The van der Waals surface area contributed by atoms with Gasteiger partial charge in [-0.25, -0.2) is 4.79 Å². The van der Waals surface area contributed by atoms with Crippen molar-refractivity contribution in [2.24, 2.45) is 35.5 Å². The number of carbonyl (C=O) groups excluding carboxylic acids is 9. The molecule has 6 atom stereocenters. The highest BCUT2D eigenvalue weighted by molar-refractivity contribution is 6.28. The van der Waals surface area contributed by atoms with Crippen molar-refractivity contribution < 1.29 is 57.4 Å². The number of fused-ring (bicyclic) bond motifs is 2. The second kappa shape index (κ2) is 29.1. The molecule has 7 rings (SSSR count). The van der Waals surface area contributed by atoms with Crippen molar-refractivity contribution in [3.63, 3.8) is 0 Å². The van der Waals surface area contributed by atoms with Crippen LogP contribution in [-0.4, -0.2) is 106 Å². The number of carbonyl (C=O) groups is 9. The van der Waals surface area contributed by atoms with Gasteiger partial charge in [-0.2, -0.15) is 0 Å². The first-order valence-corrected chi connectivity index (χ1v) is 27.6. The van der Waals surface area contributed by atoms with Crippen LogP contribution in [-0.2, 0) is 33.5 Å². The molecule has 2 aliphatic rings. The summed E-state index contributed by atoms with van der Waals surface area (Å²) < 4.78 is 16.0. The molecule has 2 amide bonds. The summed E-state index contributed by atoms with van der Waals surface area (Å²) in [6.45, 7) is 7.33. The Morgan fingerprint density at radius 3 is 1.50 bits per heavy atom. The van der Waals surface area contributed by atoms with Crippen LogP contribution in [0.5, 0.6) is 11.5 Å². The number of rotatable bonds is 26. The fourth-order valence-corrected chi connectivity index (χ4v) is 10.7. The molecule has 5 aromatic rings. The molecule has 0 radical (unpaired) electrons. The van der Waals surface area contributed by atoms with E-state index < -0.39 is 48.2 Å². The van der Waals surface area contributed by atoms with Crippen LogP contribution >= 0.6 is 11.6 Å². The zero-order chi connectivity index (χ0) is 56.5. The fraction of sp³-hybridized carbons (Fsp3) is 0.500. The number of hydrogen-bond donors (Lipinski definition) is 4. The lowest BCUT2D eigenvalue weighted by molar-refractivity contribution is -0.133. The topological polar surface area (TPSA) is 250 Å². The number of aromatic amines is 2. The minimum atomic E-state index is -1.04. The maximum absolute atomic E-state index is 13.7. The summed E-state index contributed by atoms with van der Waals surface area (Å²) in [5, 5.41) is 7.23. The Labute approximate surface area is 460 Å². The number of hydrogen-bond acceptors (Lipinski definition) is 13. The molecule has 78 heavy (non-hydrogen) atoms. The Kier molecular flexibility index (Phi) is 22.5. The summed E-state index contributed by atoms with van der Waals surface area (Å²) in [6, 6.07) is 15.6. The smallest absolute Gasteiger partial charge is 0.338 e. The van der Waals surface area contributed by atoms with Gasteiger partial charge in [0.2, 0.25) is 11.8 Å². The van der Waals surface area contributed by atoms with Gasteiger partial charge in [-0.1, -0.05) is 52.7 Å². The number of ketones is 6. The average Bonchev–Trinajstić information content (AvgIpc) is 4.11. The number of nitrogens with zero attached hydrogens (tertiary/aromatic N) is 1. The van der Waals surface area contributed by atoms with Crippen LogP contribution in [0.4, 0.5) is 0 Å². The average molecular weight is 1090 g/mol. The summed E-state index contributed by atoms with van der Waals surface area (Å²) in [6.07, 6.45) is 9.90. The molecule has 2 saturated carbocycles. The Bertz CT molecular complexity index is 2930. The first-order valence-electron chi connectivity index (χ1n) is 27.1. The number of esters is 1. The Hall–Kier alpha value is -7.01. The minimum Gasteiger partial charge on any atom is -0.496 e. The molecular formula is C60H74ClN5O12. The molecule has 0 bridgehead atoms. The summed E-state index contributed by atoms with van der Waals surface area (Å²) in [7, 11) is 3.14. The number of ether oxygens (including phenoxy) is 3. The number of pyridine rings is 1. The maximum atomic E-state index is 13.7. The van der Waals surface area contributed by atoms with Gasteiger partial charge in [-0.3, -0.25) is 43.3 Å². The highest BCUT2D eigenvalue weighted by Crippen LogP contribution is 2.31. The lowest BCUT2D eigenvalue weighted by Crippen LogP contribution is -2.47. The quantitative estimate of drug-likeness (QED) is 0.0229. The van der Waals surface area contributed by atoms with Gasteiger partial charge in [0.05, 0.1) is 49.1 Å². The highest BCUT2D eigenvalue weighted by atomic mass is 35.5. The van der Waals surface area contributed by atoms with Gasteiger partial charge in [-0.05, 0) is 112 Å². The molecule has 2 fully saturated rings. The van der Waals surface area contributed by atoms with E-state index in [1.54, 1.807) is 26.4 Å². The SMILES string of the molecule is COc1cccc2[nH]c(C(=O)C[C@@H](CC(C)C)C(=O)N[C@@H](C[C@@H]3CCCCC3=O)C(=O)CCl)cc12.COc1cccc2[nH]c(C(=O)C[C@@H](CC(C)C)C(=O)N[C@@H](C[C@@H]3CCCCC3=O)C(=O)COC(=O)c3ccncc3)cc12. The standard InChI is InChI=1S/C33H39N3O7.C27H35ClN2O5/c1-20(2)15-23(17-29(38)27-18-24-25(35-27)8-6-10-31(24)42-3)32(40)36-26(16-22-7-4-5-9-28(22)37)30(39)19-43-33(41)21-11-13-34-14-12-21;1-16(2)11-18(13-24(32)22-14-19-20(29-22)8-6-10-26(19)35-3)27(34)30-21(25(33)15-28)12-17-7-4-5-9-23(17)31/h6,8,10-14,18,20,22-23,26,35H,4-5,7,9,15-17,19H2,1-3H3,(H,36,40);6,8,10,14,16-18,21,29H,4-5,7,9,11-13,15H2,1-3H3,(H,30,34)/t22-,23+,26-;17-,18+,21-/m00/s1. The van der Waals surface area contributed by atoms with E-state index >= 15 is 0 Å². The molecule has 2 aliphatic carbocycles. The molecular weight excluding hydrogens is 1020 g/mol. The number of H-pyrrole nitrogens is 2. The third-order valence-electron chi connectivity index (χ3n) is 14.6. The van der Waals surface area contributed by atoms with E-state index in [4.69, 9.17) is 25.8 Å². The monoisotopic (exact) mass is 1090 g/mol. The number of Topliss-reactive ketones (excluding diaryl/α,β-unsaturated/α-hetero) is 6. The Balaban J connectivity index is 0.000000258. The lowest BCUT2D eigenvalue weighted by Gasteiger charge is -2.27. The maximum Gasteiger partial charge on any atom is 0.338 e. The van der Waals surface area contributed by atoms with Crippen molar-refractivity contribution >= 4 is 85.9 Å². The van der Waals surface area contributed by atoms with Gasteiger partial charge in [-0.15, -0.1) is 11.6 Å². The second-order valence-electron chi connectivity index (χ2n) is 21.4. The van der Waals surface area contributed by atoms with Gasteiger partial charge in [0, 0.05) is 83.6 Å². The van der Waals surface area contributed by atoms with E-state index in [9.17, 15) is 43.2 Å². The Morgan fingerprint density at radius 2 is 1.09 bits per heavy atom.